The molecule has 0 aliphatic carbocycles. The molecule has 1 fully saturated rings. The van der Waals surface area contributed by atoms with Gasteiger partial charge in [-0.05, 0) is 25.1 Å². The maximum absolute atomic E-state index is 12.3. The molecule has 7 nitrogen and oxygen atoms in total. The van der Waals surface area contributed by atoms with Crippen LogP contribution in [0.5, 0.6) is 0 Å². The molecule has 1 aliphatic rings. The molecule has 1 unspecified atom stereocenters. The number of nitrogens with one attached hydrogen (secondary N) is 1. The van der Waals surface area contributed by atoms with Crippen molar-refractivity contribution < 1.29 is 18.0 Å². The molecule has 1 atom stereocenters. The third-order valence-electron chi connectivity index (χ3n) is 4.04. The van der Waals surface area contributed by atoms with Gasteiger partial charge >= 0.3 is 0 Å². The summed E-state index contributed by atoms with van der Waals surface area (Å²) in [7, 11) is -3.69. The summed E-state index contributed by atoms with van der Waals surface area (Å²) in [5, 5.41) is 5.72. The Morgan fingerprint density at radius 3 is 2.81 bits per heavy atom. The fourth-order valence-corrected chi connectivity index (χ4v) is 5.25. The first-order valence-electron chi connectivity index (χ1n) is 8.14. The molecule has 1 aliphatic heterocycles. The van der Waals surface area contributed by atoms with Crippen molar-refractivity contribution in [3.63, 3.8) is 0 Å². The quantitative estimate of drug-likeness (QED) is 0.835. The van der Waals surface area contributed by atoms with Gasteiger partial charge in [0.25, 0.3) is 5.91 Å². The second kappa shape index (κ2) is 7.16. The lowest BCUT2D eigenvalue weighted by atomic mass is 10.1. The van der Waals surface area contributed by atoms with Crippen LogP contribution in [0.3, 0.4) is 0 Å². The molecule has 3 rings (SSSR count). The Morgan fingerprint density at radius 2 is 2.19 bits per heavy atom. The molecule has 0 radical (unpaired) electrons. The standard InChI is InChI=1S/C17H19N3O4S2/c1-11-10-26(23,24)20(17(11)22)15-5-3-4-13(8-15)16(21)18-7-6-14-9-25-12(2)19-14/h3-5,8-9,11H,6-7,10H2,1-2H3,(H,18,21). The van der Waals surface area contributed by atoms with E-state index in [2.05, 4.69) is 10.3 Å². The zero-order chi connectivity index (χ0) is 18.9. The molecule has 138 valence electrons. The van der Waals surface area contributed by atoms with Gasteiger partial charge < -0.3 is 5.32 Å². The van der Waals surface area contributed by atoms with Crippen molar-refractivity contribution >= 4 is 38.9 Å². The Bertz CT molecular complexity index is 952. The van der Waals surface area contributed by atoms with Crippen LogP contribution in [0, 0.1) is 12.8 Å². The van der Waals surface area contributed by atoms with Crippen LogP contribution in [-0.2, 0) is 21.2 Å². The summed E-state index contributed by atoms with van der Waals surface area (Å²) < 4.78 is 25.2. The molecule has 9 heteroatoms. The Labute approximate surface area is 156 Å². The van der Waals surface area contributed by atoms with Crippen LogP contribution in [0.2, 0.25) is 0 Å². The molecule has 0 bridgehead atoms. The first-order chi connectivity index (χ1) is 12.3. The smallest absolute Gasteiger partial charge is 0.251 e. The van der Waals surface area contributed by atoms with Crippen LogP contribution in [0.4, 0.5) is 5.69 Å². The van der Waals surface area contributed by atoms with Gasteiger partial charge in [0, 0.05) is 23.9 Å². The summed E-state index contributed by atoms with van der Waals surface area (Å²) in [5.74, 6) is -1.59. The highest BCUT2D eigenvalue weighted by Gasteiger charge is 2.42. The number of carbonyl (C=O) groups excluding carboxylic acids is 2. The molecule has 2 heterocycles. The summed E-state index contributed by atoms with van der Waals surface area (Å²) in [6, 6.07) is 6.10. The predicted molar refractivity (Wildman–Crippen MR) is 99.8 cm³/mol. The van der Waals surface area contributed by atoms with Crippen LogP contribution in [0.1, 0.15) is 28.0 Å². The van der Waals surface area contributed by atoms with Gasteiger partial charge in [-0.2, -0.15) is 0 Å². The lowest BCUT2D eigenvalue weighted by Gasteiger charge is -2.16. The van der Waals surface area contributed by atoms with Crippen LogP contribution < -0.4 is 9.62 Å². The van der Waals surface area contributed by atoms with E-state index in [9.17, 15) is 18.0 Å². The number of benzene rings is 1. The minimum absolute atomic E-state index is 0.196. The first-order valence-corrected chi connectivity index (χ1v) is 10.6. The average molecular weight is 393 g/mol. The van der Waals surface area contributed by atoms with Gasteiger partial charge in [-0.15, -0.1) is 11.3 Å². The SMILES string of the molecule is Cc1nc(CCNC(=O)c2cccc(N3C(=O)C(C)CS3(=O)=O)c2)cs1. The van der Waals surface area contributed by atoms with E-state index in [4.69, 9.17) is 0 Å². The van der Waals surface area contributed by atoms with Gasteiger partial charge in [0.2, 0.25) is 15.9 Å². The number of amides is 2. The third kappa shape index (κ3) is 3.78. The molecule has 1 saturated heterocycles. The highest BCUT2D eigenvalue weighted by molar-refractivity contribution is 7.94. The minimum atomic E-state index is -3.69. The van der Waals surface area contributed by atoms with Gasteiger partial charge in [-0.25, -0.2) is 17.7 Å². The van der Waals surface area contributed by atoms with E-state index >= 15 is 0 Å². The van der Waals surface area contributed by atoms with E-state index < -0.39 is 21.8 Å². The summed E-state index contributed by atoms with van der Waals surface area (Å²) in [6.45, 7) is 3.92. The molecule has 2 aromatic rings. The molecule has 2 amide bonds. The second-order valence-corrected chi connectivity index (χ2v) is 9.12. The minimum Gasteiger partial charge on any atom is -0.352 e. The molecule has 1 aromatic carbocycles. The summed E-state index contributed by atoms with van der Waals surface area (Å²) in [6.07, 6.45) is 0.617. The van der Waals surface area contributed by atoms with Gasteiger partial charge in [0.1, 0.15) is 0 Å². The normalized spacial score (nSPS) is 18.9. The molecule has 1 aromatic heterocycles. The van der Waals surface area contributed by atoms with Gasteiger partial charge in [-0.3, -0.25) is 9.59 Å². The average Bonchev–Trinajstić information content (AvgIpc) is 3.07. The van der Waals surface area contributed by atoms with Crippen molar-refractivity contribution in [3.05, 3.63) is 45.9 Å². The fourth-order valence-electron chi connectivity index (χ4n) is 2.79. The number of aryl methyl sites for hydroxylation is 1. The van der Waals surface area contributed by atoms with E-state index in [-0.39, 0.29) is 17.3 Å². The zero-order valence-corrected chi connectivity index (χ0v) is 16.1. The van der Waals surface area contributed by atoms with E-state index in [1.165, 1.54) is 12.1 Å². The maximum atomic E-state index is 12.3. The third-order valence-corrected chi connectivity index (χ3v) is 6.73. The van der Waals surface area contributed by atoms with Crippen molar-refractivity contribution in [2.45, 2.75) is 20.3 Å². The van der Waals surface area contributed by atoms with Crippen molar-refractivity contribution in [2.24, 2.45) is 5.92 Å². The number of anilines is 1. The molecule has 0 saturated carbocycles. The van der Waals surface area contributed by atoms with Gasteiger partial charge in [0.15, 0.2) is 0 Å². The summed E-state index contributed by atoms with van der Waals surface area (Å²) >= 11 is 1.56. The molecule has 26 heavy (non-hydrogen) atoms. The number of hydrogen-bond acceptors (Lipinski definition) is 6. The number of sulfonamides is 1. The van der Waals surface area contributed by atoms with E-state index in [0.717, 1.165) is 15.0 Å². The summed E-state index contributed by atoms with van der Waals surface area (Å²) in [5.41, 5.74) is 1.42. The van der Waals surface area contributed by atoms with Crippen molar-refractivity contribution in [1.82, 2.24) is 10.3 Å². The maximum Gasteiger partial charge on any atom is 0.251 e. The highest BCUT2D eigenvalue weighted by Crippen LogP contribution is 2.28. The molecular formula is C17H19N3O4S2. The van der Waals surface area contributed by atoms with Crippen molar-refractivity contribution in [2.75, 3.05) is 16.6 Å². The fraction of sp³-hybridized carbons (Fsp3) is 0.353. The lowest BCUT2D eigenvalue weighted by Crippen LogP contribution is -2.31. The second-order valence-electron chi connectivity index (χ2n) is 6.20. The highest BCUT2D eigenvalue weighted by atomic mass is 32.2. The van der Waals surface area contributed by atoms with E-state index in [1.54, 1.807) is 30.4 Å². The largest absolute Gasteiger partial charge is 0.352 e. The topological polar surface area (TPSA) is 96.4 Å². The van der Waals surface area contributed by atoms with Crippen LogP contribution in [-0.4, -0.2) is 37.5 Å². The van der Waals surface area contributed by atoms with Crippen molar-refractivity contribution in [3.8, 4) is 0 Å². The monoisotopic (exact) mass is 393 g/mol. The number of nitrogens with zero attached hydrogens (tertiary/aromatic N) is 2. The van der Waals surface area contributed by atoms with Gasteiger partial charge in [0.05, 0.1) is 28.1 Å². The van der Waals surface area contributed by atoms with Crippen molar-refractivity contribution in [1.29, 1.82) is 0 Å². The molecule has 1 N–H and O–H groups in total. The Kier molecular flexibility index (Phi) is 5.10. The zero-order valence-electron chi connectivity index (χ0n) is 14.4. The van der Waals surface area contributed by atoms with Crippen LogP contribution >= 0.6 is 11.3 Å². The van der Waals surface area contributed by atoms with Gasteiger partial charge in [-0.1, -0.05) is 13.0 Å². The number of rotatable bonds is 5. The number of carbonyl (C=O) groups is 2. The Hall–Kier alpha value is -2.26. The molecular weight excluding hydrogens is 374 g/mol. The van der Waals surface area contributed by atoms with E-state index in [1.807, 2.05) is 12.3 Å². The number of aromatic nitrogens is 1. The number of thiazole rings is 1. The first kappa shape index (κ1) is 18.5. The Balaban J connectivity index is 1.70. The predicted octanol–water partition coefficient (Wildman–Crippen LogP) is 1.74. The number of hydrogen-bond donors (Lipinski definition) is 1. The van der Waals surface area contributed by atoms with Crippen LogP contribution in [0.25, 0.3) is 0 Å². The lowest BCUT2D eigenvalue weighted by molar-refractivity contribution is -0.119. The van der Waals surface area contributed by atoms with Crippen LogP contribution in [0.15, 0.2) is 29.6 Å². The Morgan fingerprint density at radius 1 is 1.42 bits per heavy atom. The van der Waals surface area contributed by atoms with E-state index in [0.29, 0.717) is 18.5 Å². The molecule has 0 spiro atoms. The summed E-state index contributed by atoms with van der Waals surface area (Å²) in [4.78, 5) is 28.8.